The summed E-state index contributed by atoms with van der Waals surface area (Å²) in [5, 5.41) is 2.91. The number of rotatable bonds is 6. The van der Waals surface area contributed by atoms with Gasteiger partial charge in [-0.2, -0.15) is 0 Å². The van der Waals surface area contributed by atoms with E-state index in [4.69, 9.17) is 0 Å². The molecule has 1 aliphatic rings. The van der Waals surface area contributed by atoms with Crippen molar-refractivity contribution in [3.8, 4) is 0 Å². The number of imidazole rings is 1. The average Bonchev–Trinajstić information content (AvgIpc) is 3.03. The van der Waals surface area contributed by atoms with Crippen molar-refractivity contribution in [1.82, 2.24) is 19.8 Å². The molecular weight excluding hydrogens is 316 g/mol. The zero-order valence-corrected chi connectivity index (χ0v) is 14.5. The highest BCUT2D eigenvalue weighted by atomic mass is 16.2. The molecule has 0 bridgehead atoms. The van der Waals surface area contributed by atoms with Crippen LogP contribution in [-0.4, -0.2) is 38.9 Å². The van der Waals surface area contributed by atoms with E-state index in [2.05, 4.69) is 10.3 Å². The van der Waals surface area contributed by atoms with Gasteiger partial charge in [0.2, 0.25) is 11.8 Å². The van der Waals surface area contributed by atoms with Crippen LogP contribution in [0.15, 0.2) is 42.9 Å². The maximum absolute atomic E-state index is 12.6. The maximum Gasteiger partial charge on any atom is 0.245 e. The molecule has 0 aliphatic carbocycles. The van der Waals surface area contributed by atoms with Crippen molar-refractivity contribution in [3.63, 3.8) is 0 Å². The number of aryl methyl sites for hydroxylation is 2. The minimum Gasteiger partial charge on any atom is -0.344 e. The monoisotopic (exact) mass is 340 g/mol. The molecule has 1 aromatic carbocycles. The van der Waals surface area contributed by atoms with E-state index < -0.39 is 6.04 Å². The number of benzene rings is 1. The number of amides is 2. The lowest BCUT2D eigenvalue weighted by Gasteiger charge is -2.32. The molecule has 0 spiro atoms. The number of likely N-dealkylation sites (tertiary alicyclic amines) is 1. The van der Waals surface area contributed by atoms with Crippen LogP contribution in [0.25, 0.3) is 0 Å². The normalized spacial score (nSPS) is 17.6. The van der Waals surface area contributed by atoms with Gasteiger partial charge in [0, 0.05) is 38.4 Å². The first kappa shape index (κ1) is 17.2. The van der Waals surface area contributed by atoms with Crippen LogP contribution in [-0.2, 0) is 29.6 Å². The zero-order valence-electron chi connectivity index (χ0n) is 14.5. The molecule has 25 heavy (non-hydrogen) atoms. The summed E-state index contributed by atoms with van der Waals surface area (Å²) in [5.41, 5.74) is 2.12. The summed E-state index contributed by atoms with van der Waals surface area (Å²) >= 11 is 0. The Hall–Kier alpha value is -2.63. The molecule has 0 radical (unpaired) electrons. The predicted octanol–water partition coefficient (Wildman–Crippen LogP) is 1.66. The molecule has 1 atom stereocenters. The van der Waals surface area contributed by atoms with Crippen molar-refractivity contribution >= 4 is 11.8 Å². The Morgan fingerprint density at radius 2 is 2.12 bits per heavy atom. The highest BCUT2D eigenvalue weighted by Gasteiger charge is 2.29. The van der Waals surface area contributed by atoms with Crippen molar-refractivity contribution < 1.29 is 9.59 Å². The van der Waals surface area contributed by atoms with Gasteiger partial charge in [-0.25, -0.2) is 4.98 Å². The molecular formula is C19H24N4O2. The molecule has 2 heterocycles. The van der Waals surface area contributed by atoms with Crippen molar-refractivity contribution in [2.24, 2.45) is 7.05 Å². The highest BCUT2D eigenvalue weighted by molar-refractivity contribution is 5.88. The summed E-state index contributed by atoms with van der Waals surface area (Å²) in [4.78, 5) is 30.8. The fraction of sp³-hybridized carbons (Fsp3) is 0.421. The quantitative estimate of drug-likeness (QED) is 0.870. The van der Waals surface area contributed by atoms with Crippen LogP contribution >= 0.6 is 0 Å². The molecule has 3 rings (SSSR count). The molecule has 0 saturated carbocycles. The summed E-state index contributed by atoms with van der Waals surface area (Å²) in [7, 11) is 1.91. The molecule has 132 valence electrons. The first-order valence-corrected chi connectivity index (χ1v) is 8.71. The second kappa shape index (κ2) is 7.96. The molecule has 1 saturated heterocycles. The molecule has 2 aromatic rings. The van der Waals surface area contributed by atoms with Gasteiger partial charge in [-0.1, -0.05) is 30.3 Å². The van der Waals surface area contributed by atoms with Gasteiger partial charge < -0.3 is 14.8 Å². The van der Waals surface area contributed by atoms with Crippen LogP contribution in [0.3, 0.4) is 0 Å². The van der Waals surface area contributed by atoms with E-state index in [1.807, 2.05) is 46.8 Å². The van der Waals surface area contributed by atoms with Crippen LogP contribution in [0.4, 0.5) is 0 Å². The van der Waals surface area contributed by atoms with E-state index >= 15 is 0 Å². The maximum atomic E-state index is 12.6. The van der Waals surface area contributed by atoms with Crippen molar-refractivity contribution in [1.29, 1.82) is 0 Å². The van der Waals surface area contributed by atoms with Crippen LogP contribution in [0.5, 0.6) is 0 Å². The van der Waals surface area contributed by atoms with Gasteiger partial charge in [0.15, 0.2) is 0 Å². The molecule has 0 unspecified atom stereocenters. The Morgan fingerprint density at radius 1 is 1.32 bits per heavy atom. The number of carbonyl (C=O) groups excluding carboxylic acids is 2. The van der Waals surface area contributed by atoms with Gasteiger partial charge in [0.05, 0.1) is 6.33 Å². The van der Waals surface area contributed by atoms with Crippen LogP contribution in [0.2, 0.25) is 0 Å². The summed E-state index contributed by atoms with van der Waals surface area (Å²) in [5.74, 6) is -0.0647. The number of nitrogens with one attached hydrogen (secondary N) is 1. The summed E-state index contributed by atoms with van der Waals surface area (Å²) in [6, 6.07) is 9.54. The van der Waals surface area contributed by atoms with Crippen LogP contribution in [0.1, 0.15) is 30.5 Å². The van der Waals surface area contributed by atoms with Crippen molar-refractivity contribution in [3.05, 3.63) is 54.1 Å². The van der Waals surface area contributed by atoms with E-state index in [0.29, 0.717) is 25.8 Å². The molecule has 1 aromatic heterocycles. The number of hydrogen-bond acceptors (Lipinski definition) is 3. The van der Waals surface area contributed by atoms with E-state index in [1.165, 1.54) is 0 Å². The first-order chi connectivity index (χ1) is 12.1. The molecule has 1 N–H and O–H groups in total. The first-order valence-electron chi connectivity index (χ1n) is 8.71. The van der Waals surface area contributed by atoms with Crippen LogP contribution < -0.4 is 5.32 Å². The van der Waals surface area contributed by atoms with E-state index in [9.17, 15) is 9.59 Å². The van der Waals surface area contributed by atoms with E-state index in [1.54, 1.807) is 12.5 Å². The third-order valence-corrected chi connectivity index (χ3v) is 4.61. The standard InChI is InChI=1S/C19H24N4O2/c1-22-14-20-12-16(22)9-10-18(24)21-17-8-5-11-23(19(17)25)13-15-6-3-2-4-7-15/h2-4,6-7,12,14,17H,5,8-11,13H2,1H3,(H,21,24)/t17-/m1/s1. The van der Waals surface area contributed by atoms with Gasteiger partial charge in [-0.3, -0.25) is 9.59 Å². The largest absolute Gasteiger partial charge is 0.344 e. The second-order valence-electron chi connectivity index (χ2n) is 6.50. The summed E-state index contributed by atoms with van der Waals surface area (Å²) in [6.07, 6.45) is 6.09. The topological polar surface area (TPSA) is 67.2 Å². The Morgan fingerprint density at radius 3 is 2.84 bits per heavy atom. The molecule has 6 nitrogen and oxygen atoms in total. The summed E-state index contributed by atoms with van der Waals surface area (Å²) < 4.78 is 1.90. The van der Waals surface area contributed by atoms with Gasteiger partial charge >= 0.3 is 0 Å². The smallest absolute Gasteiger partial charge is 0.245 e. The Balaban J connectivity index is 1.52. The lowest BCUT2D eigenvalue weighted by atomic mass is 10.0. The number of hydrogen-bond donors (Lipinski definition) is 1. The number of carbonyl (C=O) groups is 2. The lowest BCUT2D eigenvalue weighted by molar-refractivity contribution is -0.139. The predicted molar refractivity (Wildman–Crippen MR) is 94.6 cm³/mol. The van der Waals surface area contributed by atoms with E-state index in [0.717, 1.165) is 24.2 Å². The SMILES string of the molecule is Cn1cncc1CCC(=O)N[C@@H]1CCCN(Cc2ccccc2)C1=O. The van der Waals surface area contributed by atoms with Gasteiger partial charge in [0.1, 0.15) is 6.04 Å². The molecule has 1 fully saturated rings. The fourth-order valence-electron chi connectivity index (χ4n) is 3.17. The van der Waals surface area contributed by atoms with Gasteiger partial charge in [-0.15, -0.1) is 0 Å². The second-order valence-corrected chi connectivity index (χ2v) is 6.50. The fourth-order valence-corrected chi connectivity index (χ4v) is 3.17. The average molecular weight is 340 g/mol. The van der Waals surface area contributed by atoms with E-state index in [-0.39, 0.29) is 11.8 Å². The third kappa shape index (κ3) is 4.47. The Kier molecular flexibility index (Phi) is 5.48. The molecule has 1 aliphatic heterocycles. The lowest BCUT2D eigenvalue weighted by Crippen LogP contribution is -2.51. The molecule has 6 heteroatoms. The minimum absolute atomic E-state index is 0.0176. The van der Waals surface area contributed by atoms with Gasteiger partial charge in [-0.05, 0) is 24.8 Å². The zero-order chi connectivity index (χ0) is 17.6. The summed E-state index contributed by atoms with van der Waals surface area (Å²) in [6.45, 7) is 1.34. The Labute approximate surface area is 147 Å². The van der Waals surface area contributed by atoms with Crippen molar-refractivity contribution in [2.75, 3.05) is 6.54 Å². The Bertz CT molecular complexity index is 726. The number of nitrogens with zero attached hydrogens (tertiary/aromatic N) is 3. The van der Waals surface area contributed by atoms with Crippen LogP contribution in [0, 0.1) is 0 Å². The highest BCUT2D eigenvalue weighted by Crippen LogP contribution is 2.15. The minimum atomic E-state index is -0.406. The molecule has 2 amide bonds. The van der Waals surface area contributed by atoms with Crippen molar-refractivity contribution in [2.45, 2.75) is 38.3 Å². The third-order valence-electron chi connectivity index (χ3n) is 4.61. The number of piperidine rings is 1. The van der Waals surface area contributed by atoms with Gasteiger partial charge in [0.25, 0.3) is 0 Å². The number of aromatic nitrogens is 2.